The standard InChI is InChI=1S/C10H13N3O/c1-5(2)8-3-6-7(9(11)13-8)4-12-10(6)14/h3,5H,4H2,1-2H3,(H2,11,13)(H,12,14). The minimum Gasteiger partial charge on any atom is -0.383 e. The molecule has 0 fully saturated rings. The number of pyridine rings is 1. The van der Waals surface area contributed by atoms with Crippen LogP contribution >= 0.6 is 0 Å². The highest BCUT2D eigenvalue weighted by molar-refractivity contribution is 5.99. The van der Waals surface area contributed by atoms with Gasteiger partial charge >= 0.3 is 0 Å². The molecule has 1 aromatic heterocycles. The van der Waals surface area contributed by atoms with E-state index in [9.17, 15) is 4.79 Å². The number of nitrogens with one attached hydrogen (secondary N) is 1. The van der Waals surface area contributed by atoms with Crippen LogP contribution in [-0.4, -0.2) is 10.9 Å². The van der Waals surface area contributed by atoms with Gasteiger partial charge in [-0.25, -0.2) is 4.98 Å². The van der Waals surface area contributed by atoms with Crippen LogP contribution in [0.4, 0.5) is 5.82 Å². The highest BCUT2D eigenvalue weighted by Gasteiger charge is 2.23. The first-order valence-corrected chi connectivity index (χ1v) is 4.67. The number of hydrogen-bond acceptors (Lipinski definition) is 3. The number of aromatic nitrogens is 1. The maximum Gasteiger partial charge on any atom is 0.252 e. The van der Waals surface area contributed by atoms with Gasteiger partial charge in [-0.05, 0) is 12.0 Å². The number of nitrogens with two attached hydrogens (primary N) is 1. The molecule has 74 valence electrons. The summed E-state index contributed by atoms with van der Waals surface area (Å²) < 4.78 is 0. The highest BCUT2D eigenvalue weighted by atomic mass is 16.1. The number of hydrogen-bond donors (Lipinski definition) is 2. The van der Waals surface area contributed by atoms with E-state index in [2.05, 4.69) is 10.3 Å². The number of amides is 1. The van der Waals surface area contributed by atoms with Crippen LogP contribution in [0, 0.1) is 0 Å². The second-order valence-electron chi connectivity index (χ2n) is 3.80. The van der Waals surface area contributed by atoms with Crippen molar-refractivity contribution >= 4 is 11.7 Å². The Morgan fingerprint density at radius 3 is 2.93 bits per heavy atom. The summed E-state index contributed by atoms with van der Waals surface area (Å²) in [4.78, 5) is 15.7. The average molecular weight is 191 g/mol. The van der Waals surface area contributed by atoms with Crippen LogP contribution in [0.3, 0.4) is 0 Å². The van der Waals surface area contributed by atoms with Gasteiger partial charge in [0.15, 0.2) is 0 Å². The zero-order chi connectivity index (χ0) is 10.3. The lowest BCUT2D eigenvalue weighted by Gasteiger charge is -2.07. The van der Waals surface area contributed by atoms with Gasteiger partial charge in [-0.2, -0.15) is 0 Å². The summed E-state index contributed by atoms with van der Waals surface area (Å²) in [6.07, 6.45) is 0. The van der Waals surface area contributed by atoms with E-state index in [1.54, 1.807) is 0 Å². The molecule has 0 unspecified atom stereocenters. The van der Waals surface area contributed by atoms with Crippen molar-refractivity contribution in [2.45, 2.75) is 26.3 Å². The molecule has 14 heavy (non-hydrogen) atoms. The number of rotatable bonds is 1. The normalized spacial score (nSPS) is 14.4. The second-order valence-corrected chi connectivity index (χ2v) is 3.80. The van der Waals surface area contributed by atoms with E-state index in [1.807, 2.05) is 19.9 Å². The molecule has 0 atom stereocenters. The van der Waals surface area contributed by atoms with E-state index in [4.69, 9.17) is 5.73 Å². The molecule has 1 aliphatic heterocycles. The third-order valence-electron chi connectivity index (χ3n) is 2.44. The van der Waals surface area contributed by atoms with Crippen molar-refractivity contribution in [2.24, 2.45) is 0 Å². The first-order valence-electron chi connectivity index (χ1n) is 4.67. The molecule has 4 nitrogen and oxygen atoms in total. The first kappa shape index (κ1) is 8.99. The SMILES string of the molecule is CC(C)c1cc2c(c(N)n1)CNC2=O. The molecular formula is C10H13N3O. The van der Waals surface area contributed by atoms with Gasteiger partial charge in [0.2, 0.25) is 0 Å². The lowest BCUT2D eigenvalue weighted by atomic mass is 10.0. The van der Waals surface area contributed by atoms with Crippen molar-refractivity contribution < 1.29 is 4.79 Å². The fraction of sp³-hybridized carbons (Fsp3) is 0.400. The number of nitrogens with zero attached hydrogens (tertiary/aromatic N) is 1. The fourth-order valence-electron chi connectivity index (χ4n) is 1.56. The van der Waals surface area contributed by atoms with Crippen molar-refractivity contribution in [1.82, 2.24) is 10.3 Å². The van der Waals surface area contributed by atoms with Crippen LogP contribution in [0.2, 0.25) is 0 Å². The molecule has 3 N–H and O–H groups in total. The Hall–Kier alpha value is -1.58. The topological polar surface area (TPSA) is 68.0 Å². The molecule has 0 aliphatic carbocycles. The molecule has 0 saturated carbocycles. The lowest BCUT2D eigenvalue weighted by molar-refractivity contribution is 0.0965. The average Bonchev–Trinajstić information content (AvgIpc) is 2.48. The summed E-state index contributed by atoms with van der Waals surface area (Å²) in [5.74, 6) is 0.719. The van der Waals surface area contributed by atoms with Crippen molar-refractivity contribution in [3.8, 4) is 0 Å². The van der Waals surface area contributed by atoms with Gasteiger partial charge in [0.1, 0.15) is 5.82 Å². The van der Waals surface area contributed by atoms with Crippen LogP contribution in [0.5, 0.6) is 0 Å². The Bertz CT molecular complexity index is 399. The molecule has 1 amide bonds. The zero-order valence-electron chi connectivity index (χ0n) is 8.29. The molecular weight excluding hydrogens is 178 g/mol. The summed E-state index contributed by atoms with van der Waals surface area (Å²) in [5.41, 5.74) is 8.16. The number of carbonyl (C=O) groups excluding carboxylic acids is 1. The van der Waals surface area contributed by atoms with E-state index in [1.165, 1.54) is 0 Å². The monoisotopic (exact) mass is 191 g/mol. The Morgan fingerprint density at radius 2 is 2.29 bits per heavy atom. The van der Waals surface area contributed by atoms with E-state index in [0.717, 1.165) is 11.3 Å². The molecule has 0 saturated heterocycles. The van der Waals surface area contributed by atoms with Gasteiger partial charge < -0.3 is 11.1 Å². The predicted octanol–water partition coefficient (Wildman–Crippen LogP) is 1.03. The van der Waals surface area contributed by atoms with Gasteiger partial charge in [0, 0.05) is 23.4 Å². The van der Waals surface area contributed by atoms with Crippen molar-refractivity contribution in [3.05, 3.63) is 22.9 Å². The maximum absolute atomic E-state index is 11.4. The van der Waals surface area contributed by atoms with Gasteiger partial charge in [-0.3, -0.25) is 4.79 Å². The quantitative estimate of drug-likeness (QED) is 0.696. The molecule has 0 bridgehead atoms. The van der Waals surface area contributed by atoms with E-state index in [0.29, 0.717) is 17.9 Å². The van der Waals surface area contributed by atoms with E-state index < -0.39 is 0 Å². The van der Waals surface area contributed by atoms with Crippen LogP contribution in [-0.2, 0) is 6.54 Å². The Balaban J connectivity index is 2.58. The number of anilines is 1. The van der Waals surface area contributed by atoms with E-state index in [-0.39, 0.29) is 11.8 Å². The maximum atomic E-state index is 11.4. The highest BCUT2D eigenvalue weighted by Crippen LogP contribution is 2.24. The van der Waals surface area contributed by atoms with Gasteiger partial charge in [0.25, 0.3) is 5.91 Å². The third-order valence-corrected chi connectivity index (χ3v) is 2.44. The fourth-order valence-corrected chi connectivity index (χ4v) is 1.56. The smallest absolute Gasteiger partial charge is 0.252 e. The van der Waals surface area contributed by atoms with Crippen LogP contribution in [0.25, 0.3) is 0 Å². The van der Waals surface area contributed by atoms with Gasteiger partial charge in [0.05, 0.1) is 0 Å². The lowest BCUT2D eigenvalue weighted by Crippen LogP contribution is -2.12. The van der Waals surface area contributed by atoms with Crippen molar-refractivity contribution in [3.63, 3.8) is 0 Å². The number of nitrogen functional groups attached to an aromatic ring is 1. The molecule has 4 heteroatoms. The summed E-state index contributed by atoms with van der Waals surface area (Å²) in [6.45, 7) is 4.56. The first-order chi connectivity index (χ1) is 6.59. The Kier molecular flexibility index (Phi) is 1.91. The van der Waals surface area contributed by atoms with Crippen LogP contribution in [0.1, 0.15) is 41.4 Å². The molecule has 1 aromatic rings. The van der Waals surface area contributed by atoms with Crippen molar-refractivity contribution in [1.29, 1.82) is 0 Å². The summed E-state index contributed by atoms with van der Waals surface area (Å²) >= 11 is 0. The minimum absolute atomic E-state index is 0.0454. The Morgan fingerprint density at radius 1 is 1.57 bits per heavy atom. The predicted molar refractivity (Wildman–Crippen MR) is 53.9 cm³/mol. The molecule has 2 heterocycles. The molecule has 0 aromatic carbocycles. The van der Waals surface area contributed by atoms with Crippen LogP contribution < -0.4 is 11.1 Å². The summed E-state index contributed by atoms with van der Waals surface area (Å²) in [6, 6.07) is 1.83. The number of carbonyl (C=O) groups is 1. The number of fused-ring (bicyclic) bond motifs is 1. The van der Waals surface area contributed by atoms with Gasteiger partial charge in [-0.1, -0.05) is 13.8 Å². The van der Waals surface area contributed by atoms with E-state index >= 15 is 0 Å². The van der Waals surface area contributed by atoms with Crippen molar-refractivity contribution in [2.75, 3.05) is 5.73 Å². The minimum atomic E-state index is -0.0454. The van der Waals surface area contributed by atoms with Crippen LogP contribution in [0.15, 0.2) is 6.07 Å². The van der Waals surface area contributed by atoms with Gasteiger partial charge in [-0.15, -0.1) is 0 Å². The third kappa shape index (κ3) is 1.23. The largest absolute Gasteiger partial charge is 0.383 e. The molecule has 0 spiro atoms. The molecule has 2 rings (SSSR count). The molecule has 0 radical (unpaired) electrons. The summed E-state index contributed by atoms with van der Waals surface area (Å²) in [7, 11) is 0. The Labute approximate surface area is 82.5 Å². The summed E-state index contributed by atoms with van der Waals surface area (Å²) in [5, 5.41) is 2.73. The second kappa shape index (κ2) is 2.97. The zero-order valence-corrected chi connectivity index (χ0v) is 8.29. The molecule has 1 aliphatic rings.